The van der Waals surface area contributed by atoms with Crippen molar-refractivity contribution in [2.24, 2.45) is 11.7 Å². The topological polar surface area (TPSA) is 46.3 Å². The molecule has 0 saturated heterocycles. The van der Waals surface area contributed by atoms with Gasteiger partial charge in [-0.15, -0.1) is 0 Å². The standard InChI is InChI=1S/C16H16F2.C9H18N2O.C4H10/c1-2-3-16(12-4-8-14(17)9-5-12)13-6-10-15(18)11-7-13;1-11(7-9(10)12)8-5-3-2-4-6-8;1-4(2)3/h4-11,16H,2-3H2,1H3;8H,2-7H2,1H3,(H2,10,12);4H,1-3H3. The summed E-state index contributed by atoms with van der Waals surface area (Å²) in [6, 6.07) is 13.7. The fourth-order valence-corrected chi connectivity index (χ4v) is 4.10. The Balaban J connectivity index is 0.000000312. The molecule has 0 bridgehead atoms. The number of hydrogen-bond acceptors (Lipinski definition) is 2. The Bertz CT molecular complexity index is 752. The second kappa shape index (κ2) is 16.4. The van der Waals surface area contributed by atoms with Gasteiger partial charge in [-0.1, -0.05) is 77.6 Å². The number of halogens is 2. The molecule has 0 radical (unpaired) electrons. The average molecular weight is 475 g/mol. The number of amides is 1. The minimum atomic E-state index is -0.229. The van der Waals surface area contributed by atoms with Gasteiger partial charge in [0.2, 0.25) is 5.91 Å². The van der Waals surface area contributed by atoms with E-state index in [0.29, 0.717) is 12.6 Å². The van der Waals surface area contributed by atoms with E-state index < -0.39 is 0 Å². The van der Waals surface area contributed by atoms with E-state index in [1.165, 1.54) is 56.4 Å². The molecule has 0 aliphatic heterocycles. The van der Waals surface area contributed by atoms with Crippen LogP contribution in [0.4, 0.5) is 8.78 Å². The summed E-state index contributed by atoms with van der Waals surface area (Å²) in [4.78, 5) is 12.7. The van der Waals surface area contributed by atoms with Crippen LogP contribution in [0.3, 0.4) is 0 Å². The van der Waals surface area contributed by atoms with Crippen molar-refractivity contribution in [3.63, 3.8) is 0 Å². The van der Waals surface area contributed by atoms with Gasteiger partial charge in [0.05, 0.1) is 6.54 Å². The molecule has 1 saturated carbocycles. The lowest BCUT2D eigenvalue weighted by atomic mass is 9.88. The maximum absolute atomic E-state index is 12.9. The van der Waals surface area contributed by atoms with Crippen molar-refractivity contribution in [3.8, 4) is 0 Å². The highest BCUT2D eigenvalue weighted by Gasteiger charge is 2.18. The fourth-order valence-electron chi connectivity index (χ4n) is 4.10. The lowest BCUT2D eigenvalue weighted by Crippen LogP contribution is -2.39. The van der Waals surface area contributed by atoms with Crippen molar-refractivity contribution in [2.75, 3.05) is 13.6 Å². The molecule has 0 heterocycles. The Kier molecular flexibility index (Phi) is 14.3. The van der Waals surface area contributed by atoms with Gasteiger partial charge in [0, 0.05) is 12.0 Å². The van der Waals surface area contributed by atoms with Gasteiger partial charge < -0.3 is 5.73 Å². The first-order chi connectivity index (χ1) is 16.1. The number of nitrogens with two attached hydrogens (primary N) is 1. The van der Waals surface area contributed by atoms with E-state index in [2.05, 4.69) is 32.6 Å². The monoisotopic (exact) mass is 474 g/mol. The van der Waals surface area contributed by atoms with E-state index in [4.69, 9.17) is 5.73 Å². The molecule has 1 aliphatic carbocycles. The summed E-state index contributed by atoms with van der Waals surface area (Å²) >= 11 is 0. The molecule has 1 amide bonds. The van der Waals surface area contributed by atoms with Crippen LogP contribution < -0.4 is 5.73 Å². The summed E-state index contributed by atoms with van der Waals surface area (Å²) in [5.74, 6) is 0.362. The van der Waals surface area contributed by atoms with Crippen LogP contribution in [-0.4, -0.2) is 30.4 Å². The van der Waals surface area contributed by atoms with Gasteiger partial charge in [0.1, 0.15) is 11.6 Å². The van der Waals surface area contributed by atoms with Gasteiger partial charge in [0.15, 0.2) is 0 Å². The van der Waals surface area contributed by atoms with Crippen LogP contribution in [0, 0.1) is 17.6 Å². The minimum absolute atomic E-state index is 0.205. The maximum Gasteiger partial charge on any atom is 0.231 e. The summed E-state index contributed by atoms with van der Waals surface area (Å²) < 4.78 is 25.9. The number of likely N-dealkylation sites (N-methyl/N-ethyl adjacent to an activating group) is 1. The van der Waals surface area contributed by atoms with E-state index in [1.807, 2.05) is 7.05 Å². The molecule has 0 aromatic heterocycles. The number of carbonyl (C=O) groups is 1. The second-order valence-electron chi connectivity index (χ2n) is 9.85. The maximum atomic E-state index is 12.9. The molecule has 0 spiro atoms. The molecular formula is C29H44F2N2O. The van der Waals surface area contributed by atoms with Crippen molar-refractivity contribution in [3.05, 3.63) is 71.3 Å². The van der Waals surface area contributed by atoms with E-state index >= 15 is 0 Å². The molecule has 190 valence electrons. The summed E-state index contributed by atoms with van der Waals surface area (Å²) in [5.41, 5.74) is 7.27. The minimum Gasteiger partial charge on any atom is -0.369 e. The highest BCUT2D eigenvalue weighted by atomic mass is 19.1. The van der Waals surface area contributed by atoms with Gasteiger partial charge in [-0.2, -0.15) is 0 Å². The summed E-state index contributed by atoms with van der Waals surface area (Å²) in [7, 11) is 1.99. The van der Waals surface area contributed by atoms with Crippen LogP contribution in [-0.2, 0) is 4.79 Å². The Labute approximate surface area is 205 Å². The zero-order chi connectivity index (χ0) is 25.5. The SMILES string of the molecule is CC(C)C.CCCC(c1ccc(F)cc1)c1ccc(F)cc1.CN(CC(N)=O)C1CCCCC1. The second-order valence-corrected chi connectivity index (χ2v) is 9.85. The van der Waals surface area contributed by atoms with Crippen LogP contribution >= 0.6 is 0 Å². The van der Waals surface area contributed by atoms with E-state index in [1.54, 1.807) is 24.3 Å². The van der Waals surface area contributed by atoms with Crippen molar-refractivity contribution in [2.45, 2.75) is 84.6 Å². The zero-order valence-electron chi connectivity index (χ0n) is 21.7. The molecule has 2 aromatic carbocycles. The third kappa shape index (κ3) is 12.3. The largest absolute Gasteiger partial charge is 0.369 e. The summed E-state index contributed by atoms with van der Waals surface area (Å²) in [6.07, 6.45) is 8.40. The average Bonchev–Trinajstić information content (AvgIpc) is 2.79. The summed E-state index contributed by atoms with van der Waals surface area (Å²) in [5, 5.41) is 0. The molecule has 0 atom stereocenters. The lowest BCUT2D eigenvalue weighted by Gasteiger charge is -2.30. The first kappa shape index (κ1) is 29.8. The van der Waals surface area contributed by atoms with Crippen LogP contribution in [0.25, 0.3) is 0 Å². The molecule has 1 aliphatic rings. The smallest absolute Gasteiger partial charge is 0.231 e. The highest BCUT2D eigenvalue weighted by Crippen LogP contribution is 2.29. The van der Waals surface area contributed by atoms with Crippen molar-refractivity contribution in [1.82, 2.24) is 4.90 Å². The third-order valence-electron chi connectivity index (χ3n) is 5.73. The predicted molar refractivity (Wildman–Crippen MR) is 139 cm³/mol. The molecule has 34 heavy (non-hydrogen) atoms. The van der Waals surface area contributed by atoms with E-state index in [-0.39, 0.29) is 23.5 Å². The van der Waals surface area contributed by atoms with Crippen LogP contribution in [0.15, 0.2) is 48.5 Å². The van der Waals surface area contributed by atoms with Crippen molar-refractivity contribution in [1.29, 1.82) is 0 Å². The Morgan fingerprint density at radius 2 is 1.32 bits per heavy atom. The zero-order valence-corrected chi connectivity index (χ0v) is 21.7. The molecule has 2 aromatic rings. The fraction of sp³-hybridized carbons (Fsp3) is 0.552. The van der Waals surface area contributed by atoms with Gasteiger partial charge in [-0.05, 0) is 67.6 Å². The Morgan fingerprint density at radius 1 is 0.912 bits per heavy atom. The third-order valence-corrected chi connectivity index (χ3v) is 5.73. The molecule has 0 unspecified atom stereocenters. The number of nitrogens with zero attached hydrogens (tertiary/aromatic N) is 1. The van der Waals surface area contributed by atoms with Gasteiger partial charge in [-0.25, -0.2) is 8.78 Å². The number of rotatable bonds is 7. The van der Waals surface area contributed by atoms with Crippen molar-refractivity contribution >= 4 is 5.91 Å². The van der Waals surface area contributed by atoms with Gasteiger partial charge in [0.25, 0.3) is 0 Å². The molecular weight excluding hydrogens is 430 g/mol. The van der Waals surface area contributed by atoms with Crippen LogP contribution in [0.1, 0.15) is 89.7 Å². The molecule has 5 heteroatoms. The predicted octanol–water partition coefficient (Wildman–Crippen LogP) is 7.30. The number of hydrogen-bond donors (Lipinski definition) is 1. The van der Waals surface area contributed by atoms with E-state index in [0.717, 1.165) is 29.9 Å². The van der Waals surface area contributed by atoms with Gasteiger partial charge >= 0.3 is 0 Å². The summed E-state index contributed by atoms with van der Waals surface area (Å²) in [6.45, 7) is 9.02. The van der Waals surface area contributed by atoms with Crippen LogP contribution in [0.2, 0.25) is 0 Å². The number of benzene rings is 2. The first-order valence-corrected chi connectivity index (χ1v) is 12.6. The lowest BCUT2D eigenvalue weighted by molar-refractivity contribution is -0.119. The Hall–Kier alpha value is -2.27. The number of carbonyl (C=O) groups excluding carboxylic acids is 1. The quantitative estimate of drug-likeness (QED) is 0.458. The highest BCUT2D eigenvalue weighted by molar-refractivity contribution is 5.75. The molecule has 2 N–H and O–H groups in total. The van der Waals surface area contributed by atoms with Gasteiger partial charge in [-0.3, -0.25) is 9.69 Å². The van der Waals surface area contributed by atoms with E-state index in [9.17, 15) is 13.6 Å². The molecule has 1 fully saturated rings. The molecule has 3 nitrogen and oxygen atoms in total. The number of primary amides is 1. The first-order valence-electron chi connectivity index (χ1n) is 12.6. The van der Waals surface area contributed by atoms with Crippen molar-refractivity contribution < 1.29 is 13.6 Å². The normalized spacial score (nSPS) is 13.8. The molecule has 3 rings (SSSR count). The Morgan fingerprint density at radius 3 is 1.68 bits per heavy atom. The van der Waals surface area contributed by atoms with Crippen LogP contribution in [0.5, 0.6) is 0 Å².